The number of benzene rings is 1. The first-order chi connectivity index (χ1) is 7.02. The summed E-state index contributed by atoms with van der Waals surface area (Å²) in [5.41, 5.74) is 0. The van der Waals surface area contributed by atoms with E-state index < -0.39 is 27.3 Å². The SMILES string of the molecule is O=[N+]([O-])OCCS(=O)(=O)c1ccccc1. The third-order valence-corrected chi connectivity index (χ3v) is 3.35. The second-order valence-electron chi connectivity index (χ2n) is 2.69. The molecule has 1 aromatic carbocycles. The minimum Gasteiger partial charge on any atom is -0.313 e. The highest BCUT2D eigenvalue weighted by Gasteiger charge is 2.14. The van der Waals surface area contributed by atoms with Crippen LogP contribution in [0.5, 0.6) is 0 Å². The number of hydrogen-bond donors (Lipinski definition) is 0. The van der Waals surface area contributed by atoms with Gasteiger partial charge in [-0.15, -0.1) is 10.1 Å². The van der Waals surface area contributed by atoms with Crippen molar-refractivity contribution in [2.24, 2.45) is 0 Å². The molecule has 7 heteroatoms. The Bertz CT molecular complexity index is 428. The minimum absolute atomic E-state index is 0.136. The van der Waals surface area contributed by atoms with E-state index in [1.165, 1.54) is 12.1 Å². The molecule has 1 aromatic rings. The van der Waals surface area contributed by atoms with Crippen molar-refractivity contribution < 1.29 is 18.3 Å². The van der Waals surface area contributed by atoms with Crippen LogP contribution in [0.3, 0.4) is 0 Å². The van der Waals surface area contributed by atoms with Gasteiger partial charge in [0.2, 0.25) is 0 Å². The Balaban J connectivity index is 2.65. The molecule has 0 radical (unpaired) electrons. The van der Waals surface area contributed by atoms with Gasteiger partial charge in [-0.1, -0.05) is 18.2 Å². The first-order valence-corrected chi connectivity index (χ1v) is 5.73. The molecule has 1 rings (SSSR count). The van der Waals surface area contributed by atoms with Crippen LogP contribution >= 0.6 is 0 Å². The molecule has 0 aromatic heterocycles. The smallest absolute Gasteiger partial charge is 0.294 e. The van der Waals surface area contributed by atoms with Crippen LogP contribution in [0.15, 0.2) is 35.2 Å². The van der Waals surface area contributed by atoms with Crippen molar-refractivity contribution in [1.82, 2.24) is 0 Å². The van der Waals surface area contributed by atoms with E-state index in [0.29, 0.717) is 0 Å². The molecule has 0 atom stereocenters. The van der Waals surface area contributed by atoms with Gasteiger partial charge in [0.15, 0.2) is 9.84 Å². The van der Waals surface area contributed by atoms with Crippen LogP contribution < -0.4 is 0 Å². The Kier molecular flexibility index (Phi) is 3.62. The average molecular weight is 231 g/mol. The van der Waals surface area contributed by atoms with E-state index in [9.17, 15) is 18.5 Å². The third-order valence-electron chi connectivity index (χ3n) is 1.65. The lowest BCUT2D eigenvalue weighted by Gasteiger charge is -2.02. The molecule has 0 fully saturated rings. The van der Waals surface area contributed by atoms with Gasteiger partial charge in [-0.05, 0) is 12.1 Å². The van der Waals surface area contributed by atoms with E-state index in [4.69, 9.17) is 0 Å². The van der Waals surface area contributed by atoms with Crippen LogP contribution in [0.25, 0.3) is 0 Å². The Morgan fingerprint density at radius 2 is 1.87 bits per heavy atom. The lowest BCUT2D eigenvalue weighted by Crippen LogP contribution is -2.14. The lowest BCUT2D eigenvalue weighted by molar-refractivity contribution is -0.756. The molecule has 0 saturated heterocycles. The van der Waals surface area contributed by atoms with E-state index in [1.54, 1.807) is 18.2 Å². The van der Waals surface area contributed by atoms with Gasteiger partial charge in [0, 0.05) is 0 Å². The fourth-order valence-electron chi connectivity index (χ4n) is 0.967. The van der Waals surface area contributed by atoms with Crippen LogP contribution in [0.1, 0.15) is 0 Å². The Morgan fingerprint density at radius 1 is 1.27 bits per heavy atom. The number of rotatable bonds is 5. The van der Waals surface area contributed by atoms with E-state index >= 15 is 0 Å². The molecule has 0 unspecified atom stereocenters. The summed E-state index contributed by atoms with van der Waals surface area (Å²) in [6.07, 6.45) is 0. The Morgan fingerprint density at radius 3 is 2.40 bits per heavy atom. The van der Waals surface area contributed by atoms with Crippen LogP contribution in [0.4, 0.5) is 0 Å². The average Bonchev–Trinajstić information content (AvgIpc) is 2.18. The lowest BCUT2D eigenvalue weighted by atomic mass is 10.4. The highest BCUT2D eigenvalue weighted by Crippen LogP contribution is 2.09. The molecule has 0 saturated carbocycles. The van der Waals surface area contributed by atoms with Crippen molar-refractivity contribution in [2.75, 3.05) is 12.4 Å². The molecule has 0 N–H and O–H groups in total. The molecule has 0 spiro atoms. The van der Waals surface area contributed by atoms with Crippen molar-refractivity contribution in [3.8, 4) is 0 Å². The number of hydrogen-bond acceptors (Lipinski definition) is 5. The van der Waals surface area contributed by atoms with Gasteiger partial charge < -0.3 is 4.84 Å². The minimum atomic E-state index is -3.49. The first kappa shape index (κ1) is 11.4. The fourth-order valence-corrected chi connectivity index (χ4v) is 2.07. The summed E-state index contributed by atoms with van der Waals surface area (Å²) >= 11 is 0. The van der Waals surface area contributed by atoms with E-state index in [1.807, 2.05) is 0 Å². The summed E-state index contributed by atoms with van der Waals surface area (Å²) in [5.74, 6) is -0.405. The van der Waals surface area contributed by atoms with Gasteiger partial charge in [0.25, 0.3) is 5.09 Å². The quantitative estimate of drug-likeness (QED) is 0.549. The molecule has 6 nitrogen and oxygen atoms in total. The highest BCUT2D eigenvalue weighted by molar-refractivity contribution is 7.91. The van der Waals surface area contributed by atoms with Crippen molar-refractivity contribution in [2.45, 2.75) is 4.90 Å². The molecule has 15 heavy (non-hydrogen) atoms. The van der Waals surface area contributed by atoms with Gasteiger partial charge in [-0.3, -0.25) is 0 Å². The summed E-state index contributed by atoms with van der Waals surface area (Å²) in [4.78, 5) is 13.9. The first-order valence-electron chi connectivity index (χ1n) is 4.07. The Labute approximate surface area is 86.5 Å². The van der Waals surface area contributed by atoms with Crippen molar-refractivity contribution in [3.63, 3.8) is 0 Å². The maximum Gasteiger partial charge on any atom is 0.294 e. The van der Waals surface area contributed by atoms with Gasteiger partial charge in [0.1, 0.15) is 6.61 Å². The van der Waals surface area contributed by atoms with Crippen molar-refractivity contribution >= 4 is 9.84 Å². The molecule has 0 amide bonds. The summed E-state index contributed by atoms with van der Waals surface area (Å²) in [7, 11) is -3.49. The standard InChI is InChI=1S/C8H9NO5S/c10-9(11)14-6-7-15(12,13)8-4-2-1-3-5-8/h1-5H,6-7H2. The zero-order chi connectivity index (χ0) is 11.3. The van der Waals surface area contributed by atoms with Crippen molar-refractivity contribution in [3.05, 3.63) is 40.4 Å². The van der Waals surface area contributed by atoms with Crippen molar-refractivity contribution in [1.29, 1.82) is 0 Å². The molecule has 0 bridgehead atoms. The van der Waals surface area contributed by atoms with Gasteiger partial charge in [-0.25, -0.2) is 8.42 Å². The van der Waals surface area contributed by atoms with Crippen LogP contribution in [0.2, 0.25) is 0 Å². The molecular formula is C8H9NO5S. The second-order valence-corrected chi connectivity index (χ2v) is 4.80. The normalized spacial score (nSPS) is 10.9. The van der Waals surface area contributed by atoms with Gasteiger partial charge in [-0.2, -0.15) is 0 Å². The zero-order valence-electron chi connectivity index (χ0n) is 7.70. The van der Waals surface area contributed by atoms with E-state index in [0.717, 1.165) is 0 Å². The second kappa shape index (κ2) is 4.74. The largest absolute Gasteiger partial charge is 0.313 e. The fraction of sp³-hybridized carbons (Fsp3) is 0.250. The molecular weight excluding hydrogens is 222 g/mol. The highest BCUT2D eigenvalue weighted by atomic mass is 32.2. The van der Waals surface area contributed by atoms with Gasteiger partial charge >= 0.3 is 0 Å². The predicted molar refractivity (Wildman–Crippen MR) is 51.4 cm³/mol. The van der Waals surface area contributed by atoms with E-state index in [-0.39, 0.29) is 4.90 Å². The van der Waals surface area contributed by atoms with Crippen LogP contribution in [-0.2, 0) is 14.7 Å². The summed E-state index contributed by atoms with van der Waals surface area (Å²) in [5, 5.41) is 8.80. The van der Waals surface area contributed by atoms with Gasteiger partial charge in [0.05, 0.1) is 10.6 Å². The monoisotopic (exact) mass is 231 g/mol. The predicted octanol–water partition coefficient (Wildman–Crippen LogP) is 0.669. The molecule has 0 aliphatic rings. The molecule has 0 aliphatic carbocycles. The van der Waals surface area contributed by atoms with E-state index in [2.05, 4.69) is 4.84 Å². The maximum absolute atomic E-state index is 11.5. The number of nitrogens with zero attached hydrogens (tertiary/aromatic N) is 1. The number of sulfone groups is 1. The zero-order valence-corrected chi connectivity index (χ0v) is 8.51. The summed E-state index contributed by atoms with van der Waals surface area (Å²) < 4.78 is 23.0. The summed E-state index contributed by atoms with van der Waals surface area (Å²) in [6, 6.07) is 7.72. The van der Waals surface area contributed by atoms with Crippen LogP contribution in [-0.4, -0.2) is 25.9 Å². The molecule has 0 aliphatic heterocycles. The summed E-state index contributed by atoms with van der Waals surface area (Å²) in [6.45, 7) is -0.454. The molecule has 82 valence electrons. The maximum atomic E-state index is 11.5. The topological polar surface area (TPSA) is 86.5 Å². The molecule has 0 heterocycles. The Hall–Kier alpha value is -1.63. The van der Waals surface area contributed by atoms with Crippen LogP contribution in [0, 0.1) is 10.1 Å². The third kappa shape index (κ3) is 3.55.